The van der Waals surface area contributed by atoms with Crippen molar-refractivity contribution < 1.29 is 83.2 Å². The summed E-state index contributed by atoms with van der Waals surface area (Å²) in [6.45, 7) is 0. The molecule has 0 amide bonds. The van der Waals surface area contributed by atoms with Crippen LogP contribution in [0.1, 0.15) is 0 Å². The molecule has 0 aromatic carbocycles. The summed E-state index contributed by atoms with van der Waals surface area (Å²) in [5.41, 5.74) is 0. The van der Waals surface area contributed by atoms with Gasteiger partial charge in [0.2, 0.25) is 0 Å². The maximum Gasteiger partial charge on any atom is 3.00 e. The molecule has 0 spiro atoms. The molecule has 0 rings (SSSR count). The van der Waals surface area contributed by atoms with E-state index in [9.17, 15) is 0 Å². The van der Waals surface area contributed by atoms with Crippen LogP contribution in [0.2, 0.25) is 0 Å². The molecule has 0 aliphatic heterocycles. The summed E-state index contributed by atoms with van der Waals surface area (Å²) in [6.07, 6.45) is 0. The van der Waals surface area contributed by atoms with Gasteiger partial charge in [0, 0.05) is 0 Å². The number of hydrogen-bond donors (Lipinski definition) is 0. The first kappa shape index (κ1) is 63.1. The minimum atomic E-state index is 0. The Hall–Kier alpha value is 2.00. The van der Waals surface area contributed by atoms with Crippen LogP contribution >= 0.6 is 0 Å². The van der Waals surface area contributed by atoms with Crippen LogP contribution in [0.15, 0.2) is 0 Å². The summed E-state index contributed by atoms with van der Waals surface area (Å²) in [5, 5.41) is 0. The molecule has 0 unspecified atom stereocenters. The van der Waals surface area contributed by atoms with E-state index in [0.29, 0.717) is 0 Å². The maximum absolute atomic E-state index is 0. The third-order valence-electron chi connectivity index (χ3n) is 0. The molecule has 1 radical (unpaired) electrons. The molecule has 0 heterocycles. The van der Waals surface area contributed by atoms with Crippen LogP contribution in [0.5, 0.6) is 0 Å². The van der Waals surface area contributed by atoms with Crippen molar-refractivity contribution in [2.75, 3.05) is 0 Å². The zero-order chi connectivity index (χ0) is 0. The third kappa shape index (κ3) is 24.0. The Morgan fingerprint density at radius 2 is 0.600 bits per heavy atom. The summed E-state index contributed by atoms with van der Waals surface area (Å²) < 4.78 is 0. The number of rotatable bonds is 0. The van der Waals surface area contributed by atoms with E-state index in [1.807, 2.05) is 0 Å². The average Bonchev–Trinajstić information content (AvgIpc) is 0. The Balaban J connectivity index is 0. The average molecular weight is 252 g/mol. The Labute approximate surface area is 81.7 Å². The molecule has 0 saturated carbocycles. The van der Waals surface area contributed by atoms with Crippen LogP contribution in [-0.2, 0) is 33.8 Å². The van der Waals surface area contributed by atoms with Gasteiger partial charge in [0.25, 0.3) is 0 Å². The van der Waals surface area contributed by atoms with Crippen molar-refractivity contribution in [1.82, 2.24) is 0 Å². The van der Waals surface area contributed by atoms with Gasteiger partial charge in [-0.1, -0.05) is 0 Å². The molecular formula is CrEuO3. The molecule has 0 saturated heterocycles. The standard InChI is InChI=1S/Cr.Eu.3O/q2*+3;3*-2. The first-order valence-electron chi connectivity index (χ1n) is 0. The van der Waals surface area contributed by atoms with E-state index in [-0.39, 0.29) is 83.2 Å². The molecule has 0 N–H and O–H groups in total. The van der Waals surface area contributed by atoms with Crippen LogP contribution < -0.4 is 0 Å². The molecule has 0 aromatic heterocycles. The van der Waals surface area contributed by atoms with Crippen LogP contribution in [0.25, 0.3) is 0 Å². The van der Waals surface area contributed by atoms with E-state index in [1.165, 1.54) is 0 Å². The van der Waals surface area contributed by atoms with E-state index in [2.05, 4.69) is 0 Å². The Kier molecular flexibility index (Phi) is 474. The topological polar surface area (TPSA) is 85.5 Å². The molecule has 31 valence electrons. The van der Waals surface area contributed by atoms with Crippen LogP contribution in [-0.4, -0.2) is 0 Å². The molecule has 3 nitrogen and oxygen atoms in total. The zero-order valence-electron chi connectivity index (χ0n) is 2.01. The Bertz CT molecular complexity index is 6.85. The predicted molar refractivity (Wildman–Crippen MR) is 2.06 cm³/mol. The molecule has 0 bridgehead atoms. The maximum atomic E-state index is 0. The van der Waals surface area contributed by atoms with Gasteiger partial charge in [-0.15, -0.1) is 0 Å². The number of hydrogen-bond acceptors (Lipinski definition) is 0. The van der Waals surface area contributed by atoms with Gasteiger partial charge in [-0.25, -0.2) is 0 Å². The molecule has 5 heavy (non-hydrogen) atoms. The fraction of sp³-hybridized carbons (Fsp3) is 0. The summed E-state index contributed by atoms with van der Waals surface area (Å²) in [7, 11) is 0. The van der Waals surface area contributed by atoms with Crippen molar-refractivity contribution in [3.63, 3.8) is 0 Å². The van der Waals surface area contributed by atoms with Gasteiger partial charge in [-0.3, -0.25) is 0 Å². The van der Waals surface area contributed by atoms with E-state index >= 15 is 0 Å². The Morgan fingerprint density at radius 1 is 0.600 bits per heavy atom. The molecular weight excluding hydrogens is 252 g/mol. The van der Waals surface area contributed by atoms with Gasteiger partial charge in [-0.2, -0.15) is 0 Å². The monoisotopic (exact) mass is 253 g/mol. The fourth-order valence-electron chi connectivity index (χ4n) is 0. The van der Waals surface area contributed by atoms with Crippen molar-refractivity contribution in [2.45, 2.75) is 0 Å². The van der Waals surface area contributed by atoms with Crippen molar-refractivity contribution in [2.24, 2.45) is 0 Å². The summed E-state index contributed by atoms with van der Waals surface area (Å²) in [4.78, 5) is 0. The van der Waals surface area contributed by atoms with Crippen LogP contribution in [0.3, 0.4) is 0 Å². The summed E-state index contributed by atoms with van der Waals surface area (Å²) in [6, 6.07) is 0. The fourth-order valence-corrected chi connectivity index (χ4v) is 0. The van der Waals surface area contributed by atoms with E-state index in [0.717, 1.165) is 0 Å². The molecule has 0 aromatic rings. The third-order valence-corrected chi connectivity index (χ3v) is 0. The van der Waals surface area contributed by atoms with Gasteiger partial charge in [-0.05, 0) is 0 Å². The molecule has 0 aliphatic carbocycles. The largest absolute Gasteiger partial charge is 3.00 e. The smallest absolute Gasteiger partial charge is 2.00 e. The summed E-state index contributed by atoms with van der Waals surface area (Å²) >= 11 is 0. The second kappa shape index (κ2) is 37.6. The van der Waals surface area contributed by atoms with E-state index < -0.39 is 0 Å². The van der Waals surface area contributed by atoms with Crippen LogP contribution in [0.4, 0.5) is 0 Å². The molecule has 5 heteroatoms. The molecule has 0 aliphatic rings. The quantitative estimate of drug-likeness (QED) is 0.563. The van der Waals surface area contributed by atoms with Gasteiger partial charge in [0.1, 0.15) is 0 Å². The van der Waals surface area contributed by atoms with Crippen molar-refractivity contribution in [1.29, 1.82) is 0 Å². The predicted octanol–water partition coefficient (Wildman–Crippen LogP) is -0.359. The van der Waals surface area contributed by atoms with Crippen molar-refractivity contribution in [3.05, 3.63) is 0 Å². The van der Waals surface area contributed by atoms with Gasteiger partial charge >= 0.3 is 66.7 Å². The minimum absolute atomic E-state index is 0. The zero-order valence-corrected chi connectivity index (χ0v) is 5.71. The van der Waals surface area contributed by atoms with E-state index in [4.69, 9.17) is 0 Å². The summed E-state index contributed by atoms with van der Waals surface area (Å²) in [5.74, 6) is 0. The second-order valence-corrected chi connectivity index (χ2v) is 0. The normalized spacial score (nSPS) is 0. The van der Waals surface area contributed by atoms with Crippen molar-refractivity contribution >= 4 is 0 Å². The van der Waals surface area contributed by atoms with Gasteiger partial charge in [0.05, 0.1) is 0 Å². The van der Waals surface area contributed by atoms with Gasteiger partial charge in [0.15, 0.2) is 0 Å². The van der Waals surface area contributed by atoms with Gasteiger partial charge < -0.3 is 16.4 Å². The minimum Gasteiger partial charge on any atom is -2.00 e. The Morgan fingerprint density at radius 3 is 0.600 bits per heavy atom. The van der Waals surface area contributed by atoms with Crippen molar-refractivity contribution in [3.8, 4) is 0 Å². The van der Waals surface area contributed by atoms with E-state index in [1.54, 1.807) is 0 Å². The van der Waals surface area contributed by atoms with Crippen LogP contribution in [0, 0.1) is 49.4 Å². The first-order chi connectivity index (χ1) is 0. The molecule has 0 fully saturated rings. The first-order valence-corrected chi connectivity index (χ1v) is 0. The second-order valence-electron chi connectivity index (χ2n) is 0. The SMILES string of the molecule is [Cr+3].[Eu+3].[O-2].[O-2].[O-2]. The molecule has 0 atom stereocenters.